The molecule has 0 saturated carbocycles. The maximum Gasteiger partial charge on any atom is 0.323 e. The zero-order valence-electron chi connectivity index (χ0n) is 11.4. The molecule has 1 heterocycles. The van der Waals surface area contributed by atoms with E-state index >= 15 is 0 Å². The van der Waals surface area contributed by atoms with Crippen LogP contribution in [0.15, 0.2) is 54.7 Å². The van der Waals surface area contributed by atoms with Crippen molar-refractivity contribution in [3.8, 4) is 0 Å². The van der Waals surface area contributed by atoms with Crippen LogP contribution >= 0.6 is 0 Å². The molecule has 0 aliphatic rings. The van der Waals surface area contributed by atoms with Crippen molar-refractivity contribution in [2.24, 2.45) is 7.05 Å². The van der Waals surface area contributed by atoms with E-state index in [1.165, 1.54) is 12.1 Å². The lowest BCUT2D eigenvalue weighted by molar-refractivity contribution is 0.262. The fourth-order valence-electron chi connectivity index (χ4n) is 2.29. The predicted octanol–water partition coefficient (Wildman–Crippen LogP) is 3.96. The monoisotopic (exact) mass is 283 g/mol. The summed E-state index contributed by atoms with van der Waals surface area (Å²) in [4.78, 5) is 12.0. The average molecular weight is 283 g/mol. The Morgan fingerprint density at radius 3 is 2.71 bits per heavy atom. The van der Waals surface area contributed by atoms with Gasteiger partial charge in [-0.3, -0.25) is 0 Å². The summed E-state index contributed by atoms with van der Waals surface area (Å²) in [6.45, 7) is 0. The van der Waals surface area contributed by atoms with Crippen molar-refractivity contribution >= 4 is 28.3 Å². The van der Waals surface area contributed by atoms with Gasteiger partial charge in [0.05, 0.1) is 5.69 Å². The molecule has 0 atom stereocenters. The Morgan fingerprint density at radius 1 is 1.10 bits per heavy atom. The number of para-hydroxylation sites is 1. The Morgan fingerprint density at radius 2 is 1.90 bits per heavy atom. The Kier molecular flexibility index (Phi) is 3.31. The number of halogens is 1. The predicted molar refractivity (Wildman–Crippen MR) is 82.0 cm³/mol. The van der Waals surface area contributed by atoms with E-state index in [4.69, 9.17) is 0 Å². The second-order valence-electron chi connectivity index (χ2n) is 4.76. The second kappa shape index (κ2) is 5.28. The third-order valence-corrected chi connectivity index (χ3v) is 3.23. The van der Waals surface area contributed by atoms with Gasteiger partial charge in [0.25, 0.3) is 0 Å². The van der Waals surface area contributed by atoms with Gasteiger partial charge in [0.15, 0.2) is 0 Å². The number of hydrogen-bond acceptors (Lipinski definition) is 1. The SMILES string of the molecule is Cn1cc(NC(=O)Nc2cccc(F)c2)c2ccccc21. The Bertz CT molecular complexity index is 810. The first-order valence-electron chi connectivity index (χ1n) is 6.51. The molecule has 2 amide bonds. The van der Waals surface area contributed by atoms with E-state index in [-0.39, 0.29) is 0 Å². The van der Waals surface area contributed by atoms with E-state index < -0.39 is 11.8 Å². The maximum absolute atomic E-state index is 13.1. The van der Waals surface area contributed by atoms with Gasteiger partial charge in [-0.25, -0.2) is 9.18 Å². The second-order valence-corrected chi connectivity index (χ2v) is 4.76. The minimum absolute atomic E-state index is 0.391. The molecule has 0 unspecified atom stereocenters. The molecule has 0 saturated heterocycles. The van der Waals surface area contributed by atoms with Crippen LogP contribution in [0, 0.1) is 5.82 Å². The number of carbonyl (C=O) groups excluding carboxylic acids is 1. The topological polar surface area (TPSA) is 46.1 Å². The highest BCUT2D eigenvalue weighted by molar-refractivity contribution is 6.06. The first kappa shape index (κ1) is 13.2. The number of fused-ring (bicyclic) bond motifs is 1. The molecule has 0 spiro atoms. The molecule has 0 fully saturated rings. The summed E-state index contributed by atoms with van der Waals surface area (Å²) in [6, 6.07) is 13.1. The maximum atomic E-state index is 13.1. The lowest BCUT2D eigenvalue weighted by Gasteiger charge is -2.06. The summed E-state index contributed by atoms with van der Waals surface area (Å²) in [5.74, 6) is -0.391. The molecule has 4 nitrogen and oxygen atoms in total. The Labute approximate surface area is 121 Å². The number of nitrogens with zero attached hydrogens (tertiary/aromatic N) is 1. The van der Waals surface area contributed by atoms with Crippen molar-refractivity contribution in [3.05, 3.63) is 60.5 Å². The van der Waals surface area contributed by atoms with Crippen molar-refractivity contribution in [1.82, 2.24) is 4.57 Å². The van der Waals surface area contributed by atoms with Gasteiger partial charge in [0.1, 0.15) is 5.82 Å². The van der Waals surface area contributed by atoms with Crippen LogP contribution < -0.4 is 10.6 Å². The van der Waals surface area contributed by atoms with Crippen LogP contribution in [0.2, 0.25) is 0 Å². The van der Waals surface area contributed by atoms with Gasteiger partial charge in [-0.2, -0.15) is 0 Å². The van der Waals surface area contributed by atoms with Gasteiger partial charge in [-0.1, -0.05) is 24.3 Å². The molecule has 2 N–H and O–H groups in total. The van der Waals surface area contributed by atoms with E-state index in [2.05, 4.69) is 10.6 Å². The van der Waals surface area contributed by atoms with E-state index in [1.54, 1.807) is 12.1 Å². The van der Waals surface area contributed by atoms with E-state index in [0.717, 1.165) is 10.9 Å². The number of aryl methyl sites for hydroxylation is 1. The normalized spacial score (nSPS) is 10.6. The van der Waals surface area contributed by atoms with Crippen LogP contribution in [-0.4, -0.2) is 10.6 Å². The minimum Gasteiger partial charge on any atom is -0.348 e. The lowest BCUT2D eigenvalue weighted by atomic mass is 10.2. The standard InChI is InChI=1S/C16H14FN3O/c1-20-10-14(13-7-2-3-8-15(13)20)19-16(21)18-12-6-4-5-11(17)9-12/h2-10H,1H3,(H2,18,19,21). The number of urea groups is 1. The molecule has 1 aromatic heterocycles. The highest BCUT2D eigenvalue weighted by Crippen LogP contribution is 2.25. The zero-order chi connectivity index (χ0) is 14.8. The van der Waals surface area contributed by atoms with Crippen LogP contribution in [-0.2, 0) is 7.05 Å². The zero-order valence-corrected chi connectivity index (χ0v) is 11.4. The number of rotatable bonds is 2. The minimum atomic E-state index is -0.406. The van der Waals surface area contributed by atoms with Gasteiger partial charge in [0, 0.05) is 29.8 Å². The first-order valence-corrected chi connectivity index (χ1v) is 6.51. The van der Waals surface area contributed by atoms with Crippen LogP contribution in [0.4, 0.5) is 20.6 Å². The van der Waals surface area contributed by atoms with Gasteiger partial charge in [-0.15, -0.1) is 0 Å². The Balaban J connectivity index is 1.80. The van der Waals surface area contributed by atoms with E-state index in [1.807, 2.05) is 42.1 Å². The van der Waals surface area contributed by atoms with Crippen molar-refractivity contribution in [3.63, 3.8) is 0 Å². The van der Waals surface area contributed by atoms with Gasteiger partial charge in [0.2, 0.25) is 0 Å². The molecule has 0 aliphatic carbocycles. The van der Waals surface area contributed by atoms with Crippen LogP contribution in [0.3, 0.4) is 0 Å². The molecule has 106 valence electrons. The number of anilines is 2. The fourth-order valence-corrected chi connectivity index (χ4v) is 2.29. The molecule has 0 radical (unpaired) electrons. The molecule has 5 heteroatoms. The largest absolute Gasteiger partial charge is 0.348 e. The summed E-state index contributed by atoms with van der Waals surface area (Å²) in [5, 5.41) is 6.34. The highest BCUT2D eigenvalue weighted by Gasteiger charge is 2.09. The number of aromatic nitrogens is 1. The van der Waals surface area contributed by atoms with E-state index in [0.29, 0.717) is 11.4 Å². The molecule has 0 bridgehead atoms. The molecule has 2 aromatic carbocycles. The quantitative estimate of drug-likeness (QED) is 0.734. The molecule has 21 heavy (non-hydrogen) atoms. The van der Waals surface area contributed by atoms with Gasteiger partial charge < -0.3 is 15.2 Å². The highest BCUT2D eigenvalue weighted by atomic mass is 19.1. The summed E-state index contributed by atoms with van der Waals surface area (Å²) in [5.41, 5.74) is 2.15. The number of hydrogen-bond donors (Lipinski definition) is 2. The molecule has 3 rings (SSSR count). The number of benzene rings is 2. The third kappa shape index (κ3) is 2.72. The number of amides is 2. The molecular weight excluding hydrogens is 269 g/mol. The number of carbonyl (C=O) groups is 1. The van der Waals surface area contributed by atoms with Crippen molar-refractivity contribution in [2.75, 3.05) is 10.6 Å². The smallest absolute Gasteiger partial charge is 0.323 e. The summed E-state index contributed by atoms with van der Waals surface area (Å²) in [7, 11) is 1.91. The number of nitrogens with one attached hydrogen (secondary N) is 2. The van der Waals surface area contributed by atoms with Crippen molar-refractivity contribution in [1.29, 1.82) is 0 Å². The first-order chi connectivity index (χ1) is 10.1. The van der Waals surface area contributed by atoms with E-state index in [9.17, 15) is 9.18 Å². The van der Waals surface area contributed by atoms with Gasteiger partial charge in [-0.05, 0) is 24.3 Å². The summed E-state index contributed by atoms with van der Waals surface area (Å²) >= 11 is 0. The van der Waals surface area contributed by atoms with Crippen molar-refractivity contribution < 1.29 is 9.18 Å². The van der Waals surface area contributed by atoms with Crippen molar-refractivity contribution in [2.45, 2.75) is 0 Å². The van der Waals surface area contributed by atoms with Crippen LogP contribution in [0.1, 0.15) is 0 Å². The summed E-state index contributed by atoms with van der Waals surface area (Å²) < 4.78 is 15.0. The average Bonchev–Trinajstić information content (AvgIpc) is 2.76. The molecule has 3 aromatic rings. The van der Waals surface area contributed by atoms with Crippen LogP contribution in [0.5, 0.6) is 0 Å². The Hall–Kier alpha value is -2.82. The van der Waals surface area contributed by atoms with Gasteiger partial charge >= 0.3 is 6.03 Å². The molecular formula is C16H14FN3O. The summed E-state index contributed by atoms with van der Waals surface area (Å²) in [6.07, 6.45) is 1.84. The fraction of sp³-hybridized carbons (Fsp3) is 0.0625. The lowest BCUT2D eigenvalue weighted by Crippen LogP contribution is -2.19. The van der Waals surface area contributed by atoms with Crippen LogP contribution in [0.25, 0.3) is 10.9 Å². The molecule has 0 aliphatic heterocycles. The third-order valence-electron chi connectivity index (χ3n) is 3.23.